The van der Waals surface area contributed by atoms with E-state index in [4.69, 9.17) is 5.11 Å². The van der Waals surface area contributed by atoms with E-state index < -0.39 is 5.97 Å². The zero-order valence-electron chi connectivity index (χ0n) is 8.51. The van der Waals surface area contributed by atoms with Gasteiger partial charge in [0.2, 0.25) is 0 Å². The SMILES string of the molecule is O=C(O)c1cnc2nc(C3CCC3)sc2c1. The third kappa shape index (κ3) is 1.48. The van der Waals surface area contributed by atoms with Crippen molar-refractivity contribution in [3.05, 3.63) is 22.8 Å². The number of thiazole rings is 1. The van der Waals surface area contributed by atoms with Crippen molar-refractivity contribution in [1.29, 1.82) is 0 Å². The Kier molecular flexibility index (Phi) is 2.14. The first-order valence-corrected chi connectivity index (χ1v) is 6.05. The van der Waals surface area contributed by atoms with E-state index in [-0.39, 0.29) is 5.56 Å². The lowest BCUT2D eigenvalue weighted by Gasteiger charge is -2.22. The molecule has 4 nitrogen and oxygen atoms in total. The third-order valence-electron chi connectivity index (χ3n) is 2.96. The van der Waals surface area contributed by atoms with Gasteiger partial charge in [-0.1, -0.05) is 6.42 Å². The first-order chi connectivity index (χ1) is 7.74. The molecule has 3 rings (SSSR count). The van der Waals surface area contributed by atoms with Gasteiger partial charge in [-0.3, -0.25) is 0 Å². The molecule has 1 aliphatic rings. The van der Waals surface area contributed by atoms with E-state index in [2.05, 4.69) is 9.97 Å². The number of carboxylic acids is 1. The smallest absolute Gasteiger partial charge is 0.337 e. The van der Waals surface area contributed by atoms with Crippen molar-refractivity contribution in [2.75, 3.05) is 0 Å². The summed E-state index contributed by atoms with van der Waals surface area (Å²) in [5, 5.41) is 9.97. The zero-order chi connectivity index (χ0) is 11.1. The number of nitrogens with zero attached hydrogens (tertiary/aromatic N) is 2. The number of fused-ring (bicyclic) bond motifs is 1. The largest absolute Gasteiger partial charge is 0.478 e. The molecule has 0 saturated heterocycles. The van der Waals surface area contributed by atoms with Gasteiger partial charge in [0.05, 0.1) is 15.3 Å². The summed E-state index contributed by atoms with van der Waals surface area (Å²) in [6.07, 6.45) is 5.04. The van der Waals surface area contributed by atoms with Crippen LogP contribution in [0.5, 0.6) is 0 Å². The molecular weight excluding hydrogens is 224 g/mol. The molecule has 1 fully saturated rings. The molecule has 5 heteroatoms. The highest BCUT2D eigenvalue weighted by Crippen LogP contribution is 2.39. The van der Waals surface area contributed by atoms with Crippen molar-refractivity contribution in [2.24, 2.45) is 0 Å². The summed E-state index contributed by atoms with van der Waals surface area (Å²) in [7, 11) is 0. The molecule has 1 aliphatic carbocycles. The predicted octanol–water partition coefficient (Wildman–Crippen LogP) is 2.66. The lowest BCUT2D eigenvalue weighted by molar-refractivity contribution is 0.0696. The lowest BCUT2D eigenvalue weighted by Crippen LogP contribution is -2.07. The number of aromatic carboxylic acids is 1. The van der Waals surface area contributed by atoms with Crippen LogP contribution in [0, 0.1) is 0 Å². The van der Waals surface area contributed by atoms with Crippen LogP contribution in [0.3, 0.4) is 0 Å². The first-order valence-electron chi connectivity index (χ1n) is 5.24. The Labute approximate surface area is 96.0 Å². The van der Waals surface area contributed by atoms with Gasteiger partial charge in [-0.2, -0.15) is 0 Å². The first kappa shape index (κ1) is 9.72. The van der Waals surface area contributed by atoms with E-state index in [1.165, 1.54) is 25.5 Å². The minimum Gasteiger partial charge on any atom is -0.478 e. The third-order valence-corrected chi connectivity index (χ3v) is 4.12. The summed E-state index contributed by atoms with van der Waals surface area (Å²) in [4.78, 5) is 19.3. The highest BCUT2D eigenvalue weighted by molar-refractivity contribution is 7.18. The minimum absolute atomic E-state index is 0.233. The van der Waals surface area contributed by atoms with E-state index in [0.29, 0.717) is 11.6 Å². The fourth-order valence-corrected chi connectivity index (χ4v) is 2.92. The van der Waals surface area contributed by atoms with Gasteiger partial charge in [-0.15, -0.1) is 11.3 Å². The Morgan fingerprint density at radius 2 is 2.31 bits per heavy atom. The minimum atomic E-state index is -0.937. The van der Waals surface area contributed by atoms with E-state index in [0.717, 1.165) is 9.71 Å². The summed E-state index contributed by atoms with van der Waals surface area (Å²) in [5.41, 5.74) is 0.910. The van der Waals surface area contributed by atoms with Crippen molar-refractivity contribution in [3.63, 3.8) is 0 Å². The summed E-state index contributed by atoms with van der Waals surface area (Å²) in [5.74, 6) is -0.361. The Balaban J connectivity index is 2.06. The van der Waals surface area contributed by atoms with Crippen LogP contribution in [-0.2, 0) is 0 Å². The van der Waals surface area contributed by atoms with E-state index >= 15 is 0 Å². The van der Waals surface area contributed by atoms with Crippen molar-refractivity contribution < 1.29 is 9.90 Å². The van der Waals surface area contributed by atoms with Crippen LogP contribution in [0.1, 0.15) is 40.5 Å². The van der Waals surface area contributed by atoms with Gasteiger partial charge >= 0.3 is 5.97 Å². The van der Waals surface area contributed by atoms with Gasteiger partial charge in [0, 0.05) is 12.1 Å². The maximum absolute atomic E-state index is 10.8. The molecule has 2 heterocycles. The van der Waals surface area contributed by atoms with Gasteiger partial charge in [-0.25, -0.2) is 14.8 Å². The van der Waals surface area contributed by atoms with E-state index in [1.807, 2.05) is 0 Å². The van der Waals surface area contributed by atoms with Gasteiger partial charge in [0.1, 0.15) is 0 Å². The van der Waals surface area contributed by atoms with Crippen molar-refractivity contribution in [1.82, 2.24) is 9.97 Å². The van der Waals surface area contributed by atoms with Crippen LogP contribution in [0.15, 0.2) is 12.3 Å². The number of carbonyl (C=O) groups is 1. The molecule has 0 bridgehead atoms. The van der Waals surface area contributed by atoms with Crippen molar-refractivity contribution in [3.8, 4) is 0 Å². The Bertz CT molecular complexity index is 560. The molecule has 0 aliphatic heterocycles. The standard InChI is InChI=1S/C11H10N2O2S/c14-11(15)7-4-8-9(12-5-7)13-10(16-8)6-2-1-3-6/h4-6H,1-3H2,(H,14,15). The second kappa shape index (κ2) is 3.52. The molecule has 1 N–H and O–H groups in total. The Morgan fingerprint density at radius 3 is 2.94 bits per heavy atom. The number of hydrogen-bond donors (Lipinski definition) is 1. The van der Waals surface area contributed by atoms with Crippen molar-refractivity contribution >= 4 is 27.7 Å². The molecule has 0 radical (unpaired) electrons. The maximum atomic E-state index is 10.8. The second-order valence-corrected chi connectivity index (χ2v) is 5.09. The fraction of sp³-hybridized carbons (Fsp3) is 0.364. The van der Waals surface area contributed by atoms with E-state index in [9.17, 15) is 4.79 Å². The van der Waals surface area contributed by atoms with Crippen LogP contribution in [-0.4, -0.2) is 21.0 Å². The Hall–Kier alpha value is -1.49. The summed E-state index contributed by atoms with van der Waals surface area (Å²) in [6.45, 7) is 0. The maximum Gasteiger partial charge on any atom is 0.337 e. The van der Waals surface area contributed by atoms with Crippen LogP contribution in [0.25, 0.3) is 10.3 Å². The average molecular weight is 234 g/mol. The number of rotatable bonds is 2. The number of aromatic nitrogens is 2. The molecule has 2 aromatic heterocycles. The molecule has 0 atom stereocenters. The van der Waals surface area contributed by atoms with Crippen molar-refractivity contribution in [2.45, 2.75) is 25.2 Å². The topological polar surface area (TPSA) is 63.1 Å². The molecule has 82 valence electrons. The zero-order valence-corrected chi connectivity index (χ0v) is 9.33. The normalized spacial score (nSPS) is 16.2. The molecule has 0 spiro atoms. The lowest BCUT2D eigenvalue weighted by atomic mass is 9.86. The molecule has 0 amide bonds. The molecule has 2 aromatic rings. The monoisotopic (exact) mass is 234 g/mol. The van der Waals surface area contributed by atoms with Gasteiger partial charge in [0.25, 0.3) is 0 Å². The number of hydrogen-bond acceptors (Lipinski definition) is 4. The number of pyridine rings is 1. The quantitative estimate of drug-likeness (QED) is 0.867. The number of carboxylic acid groups (broad SMARTS) is 1. The highest BCUT2D eigenvalue weighted by Gasteiger charge is 2.23. The summed E-state index contributed by atoms with van der Waals surface area (Å²) in [6, 6.07) is 1.66. The predicted molar refractivity (Wildman–Crippen MR) is 61.0 cm³/mol. The summed E-state index contributed by atoms with van der Waals surface area (Å²) >= 11 is 1.58. The van der Waals surface area contributed by atoms with Crippen LogP contribution in [0.4, 0.5) is 0 Å². The van der Waals surface area contributed by atoms with Crippen LogP contribution >= 0.6 is 11.3 Å². The highest BCUT2D eigenvalue weighted by atomic mass is 32.1. The molecular formula is C11H10N2O2S. The summed E-state index contributed by atoms with van der Waals surface area (Å²) < 4.78 is 0.877. The van der Waals surface area contributed by atoms with E-state index in [1.54, 1.807) is 17.4 Å². The van der Waals surface area contributed by atoms with Crippen LogP contribution in [0.2, 0.25) is 0 Å². The van der Waals surface area contributed by atoms with Gasteiger partial charge < -0.3 is 5.11 Å². The van der Waals surface area contributed by atoms with Gasteiger partial charge in [0.15, 0.2) is 5.65 Å². The Morgan fingerprint density at radius 1 is 1.50 bits per heavy atom. The molecule has 1 saturated carbocycles. The molecule has 0 unspecified atom stereocenters. The fourth-order valence-electron chi connectivity index (χ4n) is 1.78. The molecule has 0 aromatic carbocycles. The molecule has 16 heavy (non-hydrogen) atoms. The van der Waals surface area contributed by atoms with Crippen LogP contribution < -0.4 is 0 Å². The van der Waals surface area contributed by atoms with Gasteiger partial charge in [-0.05, 0) is 18.9 Å². The average Bonchev–Trinajstić information content (AvgIpc) is 2.56. The second-order valence-electron chi connectivity index (χ2n) is 4.03.